The first-order valence-electron chi connectivity index (χ1n) is 8.04. The molecule has 0 bridgehead atoms. The lowest BCUT2D eigenvalue weighted by molar-refractivity contribution is -0.116. The van der Waals surface area contributed by atoms with Gasteiger partial charge in [-0.25, -0.2) is 0 Å². The minimum atomic E-state index is -0.193. The highest BCUT2D eigenvalue weighted by atomic mass is 16.5. The van der Waals surface area contributed by atoms with E-state index in [9.17, 15) is 4.79 Å². The number of methoxy groups -OCH3 is 2. The normalized spacial score (nSPS) is 10.4. The van der Waals surface area contributed by atoms with Crippen LogP contribution in [0.4, 0.5) is 5.95 Å². The molecule has 26 heavy (non-hydrogen) atoms. The van der Waals surface area contributed by atoms with Crippen molar-refractivity contribution < 1.29 is 14.3 Å². The number of aromatic nitrogens is 4. The average molecular weight is 353 g/mol. The Hall–Kier alpha value is -3.42. The number of carbonyl (C=O) groups excluding carboxylic acids is 1. The average Bonchev–Trinajstić information content (AvgIpc) is 3.15. The van der Waals surface area contributed by atoms with Crippen molar-refractivity contribution in [3.8, 4) is 23.0 Å². The number of H-pyrrole nitrogens is 1. The van der Waals surface area contributed by atoms with Crippen molar-refractivity contribution in [2.24, 2.45) is 0 Å². The molecule has 0 radical (unpaired) electrons. The summed E-state index contributed by atoms with van der Waals surface area (Å²) in [5, 5.41) is 9.43. The maximum atomic E-state index is 12.2. The van der Waals surface area contributed by atoms with Crippen LogP contribution in [-0.4, -0.2) is 40.3 Å². The van der Waals surface area contributed by atoms with Gasteiger partial charge in [-0.15, -0.1) is 5.10 Å². The minimum Gasteiger partial charge on any atom is -0.497 e. The van der Waals surface area contributed by atoms with Crippen molar-refractivity contribution >= 4 is 11.9 Å². The SMILES string of the molecule is COc1ccc(OC)c(CCC(=O)Nc2n[nH]c(-c3ccccn3)n2)c1. The Kier molecular flexibility index (Phi) is 5.43. The summed E-state index contributed by atoms with van der Waals surface area (Å²) in [6.07, 6.45) is 2.43. The quantitative estimate of drug-likeness (QED) is 0.676. The summed E-state index contributed by atoms with van der Waals surface area (Å²) in [7, 11) is 3.19. The van der Waals surface area contributed by atoms with Crippen LogP contribution in [0.3, 0.4) is 0 Å². The van der Waals surface area contributed by atoms with Crippen LogP contribution in [0.5, 0.6) is 11.5 Å². The van der Waals surface area contributed by atoms with Crippen molar-refractivity contribution in [3.05, 3.63) is 48.2 Å². The minimum absolute atomic E-state index is 0.193. The van der Waals surface area contributed by atoms with Gasteiger partial charge in [0.2, 0.25) is 11.9 Å². The molecule has 0 saturated heterocycles. The molecule has 8 nitrogen and oxygen atoms in total. The molecule has 0 aliphatic rings. The Bertz CT molecular complexity index is 880. The summed E-state index contributed by atoms with van der Waals surface area (Å²) in [6, 6.07) is 11.0. The third-order valence-corrected chi connectivity index (χ3v) is 3.75. The summed E-state index contributed by atoms with van der Waals surface area (Å²) in [6.45, 7) is 0. The molecule has 0 fully saturated rings. The summed E-state index contributed by atoms with van der Waals surface area (Å²) >= 11 is 0. The predicted molar refractivity (Wildman–Crippen MR) is 96.1 cm³/mol. The molecule has 8 heteroatoms. The third-order valence-electron chi connectivity index (χ3n) is 3.75. The van der Waals surface area contributed by atoms with Gasteiger partial charge in [0, 0.05) is 12.6 Å². The van der Waals surface area contributed by atoms with Gasteiger partial charge in [0.15, 0.2) is 5.82 Å². The number of hydrogen-bond donors (Lipinski definition) is 2. The fraction of sp³-hybridized carbons (Fsp3) is 0.222. The van der Waals surface area contributed by atoms with Gasteiger partial charge in [0.25, 0.3) is 0 Å². The van der Waals surface area contributed by atoms with Crippen LogP contribution in [-0.2, 0) is 11.2 Å². The van der Waals surface area contributed by atoms with Crippen molar-refractivity contribution in [2.75, 3.05) is 19.5 Å². The summed E-state index contributed by atoms with van der Waals surface area (Å²) < 4.78 is 10.5. The maximum Gasteiger partial charge on any atom is 0.249 e. The van der Waals surface area contributed by atoms with Crippen molar-refractivity contribution in [1.29, 1.82) is 0 Å². The van der Waals surface area contributed by atoms with Crippen LogP contribution >= 0.6 is 0 Å². The van der Waals surface area contributed by atoms with E-state index in [4.69, 9.17) is 9.47 Å². The van der Waals surface area contributed by atoms with Gasteiger partial charge in [0.1, 0.15) is 17.2 Å². The third kappa shape index (κ3) is 4.15. The molecule has 3 rings (SSSR count). The van der Waals surface area contributed by atoms with E-state index in [-0.39, 0.29) is 18.3 Å². The van der Waals surface area contributed by atoms with E-state index in [1.807, 2.05) is 30.3 Å². The molecule has 2 aromatic heterocycles. The molecule has 2 heterocycles. The Morgan fingerprint density at radius 1 is 1.19 bits per heavy atom. The topological polar surface area (TPSA) is 102 Å². The van der Waals surface area contributed by atoms with Crippen LogP contribution in [0.1, 0.15) is 12.0 Å². The zero-order valence-electron chi connectivity index (χ0n) is 14.5. The van der Waals surface area contributed by atoms with Crippen molar-refractivity contribution in [1.82, 2.24) is 20.2 Å². The van der Waals surface area contributed by atoms with E-state index >= 15 is 0 Å². The first-order chi connectivity index (χ1) is 12.7. The van der Waals surface area contributed by atoms with E-state index in [1.54, 1.807) is 26.5 Å². The van der Waals surface area contributed by atoms with Crippen LogP contribution in [0.2, 0.25) is 0 Å². The molecule has 2 N–H and O–H groups in total. The molecule has 0 aliphatic carbocycles. The molecule has 0 atom stereocenters. The van der Waals surface area contributed by atoms with Gasteiger partial charge in [-0.1, -0.05) is 6.07 Å². The van der Waals surface area contributed by atoms with Gasteiger partial charge < -0.3 is 9.47 Å². The van der Waals surface area contributed by atoms with Crippen LogP contribution in [0.25, 0.3) is 11.5 Å². The van der Waals surface area contributed by atoms with Crippen LogP contribution in [0, 0.1) is 0 Å². The van der Waals surface area contributed by atoms with Gasteiger partial charge in [-0.05, 0) is 42.3 Å². The van der Waals surface area contributed by atoms with Crippen LogP contribution < -0.4 is 14.8 Å². The number of carbonyl (C=O) groups is 1. The summed E-state index contributed by atoms with van der Waals surface area (Å²) in [4.78, 5) is 20.6. The number of nitrogens with zero attached hydrogens (tertiary/aromatic N) is 3. The van der Waals surface area contributed by atoms with Gasteiger partial charge in [-0.2, -0.15) is 4.98 Å². The monoisotopic (exact) mass is 353 g/mol. The fourth-order valence-corrected chi connectivity index (χ4v) is 2.45. The van der Waals surface area contributed by atoms with Crippen LogP contribution in [0.15, 0.2) is 42.6 Å². The lowest BCUT2D eigenvalue weighted by Crippen LogP contribution is -2.13. The standard InChI is InChI=1S/C18H19N5O3/c1-25-13-7-8-15(26-2)12(11-13)6-9-16(24)20-18-21-17(22-23-18)14-5-3-4-10-19-14/h3-5,7-8,10-11H,6,9H2,1-2H3,(H2,20,21,22,23,24). The number of aromatic amines is 1. The number of rotatable bonds is 7. The first-order valence-corrected chi connectivity index (χ1v) is 8.04. The highest BCUT2D eigenvalue weighted by Gasteiger charge is 2.12. The first kappa shape index (κ1) is 17.4. The summed E-state index contributed by atoms with van der Waals surface area (Å²) in [5.74, 6) is 1.95. The number of hydrogen-bond acceptors (Lipinski definition) is 6. The number of benzene rings is 1. The number of pyridine rings is 1. The maximum absolute atomic E-state index is 12.2. The number of anilines is 1. The van der Waals surface area contributed by atoms with Gasteiger partial charge in [-0.3, -0.25) is 20.2 Å². The van der Waals surface area contributed by atoms with Crippen molar-refractivity contribution in [3.63, 3.8) is 0 Å². The summed E-state index contributed by atoms with van der Waals surface area (Å²) in [5.41, 5.74) is 1.55. The molecule has 1 aromatic carbocycles. The van der Waals surface area contributed by atoms with E-state index in [0.717, 1.165) is 11.3 Å². The Morgan fingerprint density at radius 2 is 2.08 bits per heavy atom. The molecule has 0 saturated carbocycles. The molecule has 0 unspecified atom stereocenters. The zero-order chi connectivity index (χ0) is 18.4. The number of aryl methyl sites for hydroxylation is 1. The molecule has 3 aromatic rings. The highest BCUT2D eigenvalue weighted by molar-refractivity contribution is 5.89. The highest BCUT2D eigenvalue weighted by Crippen LogP contribution is 2.25. The fourth-order valence-electron chi connectivity index (χ4n) is 2.45. The zero-order valence-corrected chi connectivity index (χ0v) is 14.5. The number of ether oxygens (including phenoxy) is 2. The van der Waals surface area contributed by atoms with E-state index in [0.29, 0.717) is 23.7 Å². The van der Waals surface area contributed by atoms with Gasteiger partial charge >= 0.3 is 0 Å². The van der Waals surface area contributed by atoms with Crippen molar-refractivity contribution in [2.45, 2.75) is 12.8 Å². The molecule has 134 valence electrons. The molecule has 0 spiro atoms. The van der Waals surface area contributed by atoms with E-state index in [2.05, 4.69) is 25.5 Å². The largest absolute Gasteiger partial charge is 0.497 e. The number of nitrogens with one attached hydrogen (secondary N) is 2. The second-order valence-electron chi connectivity index (χ2n) is 5.45. The van der Waals surface area contributed by atoms with E-state index < -0.39 is 0 Å². The second kappa shape index (κ2) is 8.11. The van der Waals surface area contributed by atoms with Gasteiger partial charge in [0.05, 0.1) is 14.2 Å². The Labute approximate surface area is 150 Å². The lowest BCUT2D eigenvalue weighted by Gasteiger charge is -2.10. The number of amides is 1. The lowest BCUT2D eigenvalue weighted by atomic mass is 10.1. The molecular formula is C18H19N5O3. The Balaban J connectivity index is 1.61. The second-order valence-corrected chi connectivity index (χ2v) is 5.45. The van der Waals surface area contributed by atoms with E-state index in [1.165, 1.54) is 0 Å². The molecule has 0 aliphatic heterocycles. The predicted octanol–water partition coefficient (Wildman–Crippen LogP) is 2.46. The Morgan fingerprint density at radius 3 is 2.81 bits per heavy atom. The molecule has 1 amide bonds. The smallest absolute Gasteiger partial charge is 0.249 e. The molecular weight excluding hydrogens is 334 g/mol.